The Balaban J connectivity index is 2.66. The van der Waals surface area contributed by atoms with Crippen LogP contribution >= 0.6 is 16.1 Å². The number of nitrogens with zero attached hydrogens (tertiary/aromatic N) is 1. The summed E-state index contributed by atoms with van der Waals surface area (Å²) in [5.74, 6) is 0.646. The Hall–Kier alpha value is -0.640. The maximum absolute atomic E-state index is 5.40. The van der Waals surface area contributed by atoms with Crippen LogP contribution < -0.4 is 11.2 Å². The summed E-state index contributed by atoms with van der Waals surface area (Å²) in [6.45, 7) is 0. The zero-order valence-electron chi connectivity index (χ0n) is 4.13. The maximum Gasteiger partial charge on any atom is 0.130 e. The maximum atomic E-state index is 5.40. The monoisotopic (exact) mass is 175 g/mol. The zero-order valence-corrected chi connectivity index (χ0v) is 5.72. The lowest BCUT2D eigenvalue weighted by Gasteiger charge is -2.17. The third-order valence-electron chi connectivity index (χ3n) is 0.778. The molecule has 0 aliphatic carbocycles. The number of rotatable bonds is 0. The van der Waals surface area contributed by atoms with Gasteiger partial charge in [-0.15, -0.1) is 0 Å². The molecule has 0 saturated heterocycles. The molecule has 1 aliphatic heterocycles. The first kappa shape index (κ1) is 5.50. The second-order valence-corrected chi connectivity index (χ2v) is 2.07. The van der Waals surface area contributed by atoms with Crippen molar-refractivity contribution in [1.82, 2.24) is 9.46 Å². The predicted octanol–water partition coefficient (Wildman–Crippen LogP) is 0.430. The highest BCUT2D eigenvalue weighted by molar-refractivity contribution is 9.07. The van der Waals surface area contributed by atoms with Crippen molar-refractivity contribution in [3.63, 3.8) is 0 Å². The molecule has 1 rings (SSSR count). The summed E-state index contributed by atoms with van der Waals surface area (Å²) in [6.07, 6.45) is 5.38. The molecule has 4 heteroatoms. The quantitative estimate of drug-likeness (QED) is 0.526. The third kappa shape index (κ3) is 0.949. The van der Waals surface area contributed by atoms with Gasteiger partial charge in [-0.05, 0) is 12.2 Å². The number of hydrogen-bond donors (Lipinski definition) is 2. The molecule has 0 spiro atoms. The molecule has 1 aliphatic rings. The van der Waals surface area contributed by atoms with E-state index in [1.165, 1.54) is 0 Å². The van der Waals surface area contributed by atoms with Crippen molar-refractivity contribution >= 4 is 16.1 Å². The summed E-state index contributed by atoms with van der Waals surface area (Å²) in [5.41, 5.74) is 8.21. The van der Waals surface area contributed by atoms with Gasteiger partial charge in [0.25, 0.3) is 0 Å². The molecule has 0 aromatic carbocycles. The first-order chi connectivity index (χ1) is 3.80. The minimum Gasteiger partial charge on any atom is -0.383 e. The van der Waals surface area contributed by atoms with Gasteiger partial charge >= 0.3 is 0 Å². The van der Waals surface area contributed by atoms with Gasteiger partial charge in [-0.1, -0.05) is 0 Å². The molecular formula is C4H6BrN3. The Labute approximate surface area is 56.1 Å². The molecule has 0 fully saturated rings. The van der Waals surface area contributed by atoms with Gasteiger partial charge in [0.15, 0.2) is 0 Å². The Kier molecular flexibility index (Phi) is 1.43. The first-order valence-corrected chi connectivity index (χ1v) is 2.86. The van der Waals surface area contributed by atoms with Crippen LogP contribution in [0.5, 0.6) is 0 Å². The number of halogens is 1. The van der Waals surface area contributed by atoms with Gasteiger partial charge in [-0.25, -0.2) is 4.03 Å². The topological polar surface area (TPSA) is 41.3 Å². The smallest absolute Gasteiger partial charge is 0.130 e. The van der Waals surface area contributed by atoms with Crippen molar-refractivity contribution in [3.05, 3.63) is 24.2 Å². The fraction of sp³-hybridized carbons (Fsp3) is 0. The van der Waals surface area contributed by atoms with E-state index < -0.39 is 0 Å². The lowest BCUT2D eigenvalue weighted by Crippen LogP contribution is -2.29. The van der Waals surface area contributed by atoms with Gasteiger partial charge in [0.05, 0.1) is 16.1 Å². The van der Waals surface area contributed by atoms with Crippen molar-refractivity contribution in [1.29, 1.82) is 0 Å². The van der Waals surface area contributed by atoms with E-state index in [9.17, 15) is 0 Å². The standard InChI is InChI=1S/C4H6BrN3/c5-8-4(6)2-1-3-7-8/h1-3,7H,6H2. The summed E-state index contributed by atoms with van der Waals surface area (Å²) in [4.78, 5) is 0. The Morgan fingerprint density at radius 2 is 2.50 bits per heavy atom. The van der Waals surface area contributed by atoms with E-state index in [1.807, 2.05) is 6.08 Å². The number of hydrogen-bond acceptors (Lipinski definition) is 3. The van der Waals surface area contributed by atoms with Gasteiger partial charge in [-0.2, -0.15) is 0 Å². The van der Waals surface area contributed by atoms with Crippen molar-refractivity contribution in [2.45, 2.75) is 0 Å². The molecule has 0 atom stereocenters. The molecule has 0 amide bonds. The van der Waals surface area contributed by atoms with E-state index in [-0.39, 0.29) is 0 Å². The van der Waals surface area contributed by atoms with Crippen molar-refractivity contribution in [3.8, 4) is 0 Å². The predicted molar refractivity (Wildman–Crippen MR) is 35.3 cm³/mol. The van der Waals surface area contributed by atoms with Crippen LogP contribution in [0, 0.1) is 0 Å². The molecule has 3 nitrogen and oxygen atoms in total. The van der Waals surface area contributed by atoms with E-state index in [2.05, 4.69) is 21.6 Å². The molecule has 0 bridgehead atoms. The minimum absolute atomic E-state index is 0.646. The highest BCUT2D eigenvalue weighted by atomic mass is 79.9. The average molecular weight is 176 g/mol. The van der Waals surface area contributed by atoms with Gasteiger partial charge in [0.1, 0.15) is 5.82 Å². The molecule has 44 valence electrons. The molecule has 8 heavy (non-hydrogen) atoms. The van der Waals surface area contributed by atoms with Crippen LogP contribution in [0.3, 0.4) is 0 Å². The first-order valence-electron chi connectivity index (χ1n) is 2.15. The molecular weight excluding hydrogens is 170 g/mol. The minimum atomic E-state index is 0.646. The van der Waals surface area contributed by atoms with Crippen molar-refractivity contribution in [2.75, 3.05) is 0 Å². The second kappa shape index (κ2) is 2.09. The van der Waals surface area contributed by atoms with Gasteiger partial charge < -0.3 is 5.73 Å². The molecule has 0 aromatic rings. The van der Waals surface area contributed by atoms with Crippen LogP contribution in [0.15, 0.2) is 24.2 Å². The molecule has 0 saturated carbocycles. The highest BCUT2D eigenvalue weighted by Crippen LogP contribution is 2.03. The number of allylic oxidation sites excluding steroid dienone is 2. The molecule has 3 N–H and O–H groups in total. The Morgan fingerprint density at radius 1 is 1.75 bits per heavy atom. The number of nitrogens with one attached hydrogen (secondary N) is 1. The third-order valence-corrected chi connectivity index (χ3v) is 1.39. The van der Waals surface area contributed by atoms with Crippen LogP contribution in [0.4, 0.5) is 0 Å². The zero-order chi connectivity index (χ0) is 5.98. The molecule has 0 unspecified atom stereocenters. The summed E-state index contributed by atoms with van der Waals surface area (Å²) in [7, 11) is 0. The van der Waals surface area contributed by atoms with E-state index >= 15 is 0 Å². The van der Waals surface area contributed by atoms with Crippen LogP contribution in [-0.2, 0) is 0 Å². The van der Waals surface area contributed by atoms with Gasteiger partial charge in [0.2, 0.25) is 0 Å². The summed E-state index contributed by atoms with van der Waals surface area (Å²) in [6, 6.07) is 0. The number of nitrogens with two attached hydrogens (primary N) is 1. The molecule has 0 radical (unpaired) electrons. The number of hydrazine groups is 1. The second-order valence-electron chi connectivity index (χ2n) is 1.36. The van der Waals surface area contributed by atoms with Crippen LogP contribution in [0.25, 0.3) is 0 Å². The lowest BCUT2D eigenvalue weighted by atomic mass is 10.5. The normalized spacial score (nSPS) is 17.6. The van der Waals surface area contributed by atoms with Crippen LogP contribution in [0.2, 0.25) is 0 Å². The fourth-order valence-electron chi connectivity index (χ4n) is 0.395. The van der Waals surface area contributed by atoms with Crippen LogP contribution in [-0.4, -0.2) is 4.03 Å². The Morgan fingerprint density at radius 3 is 2.88 bits per heavy atom. The average Bonchev–Trinajstić information content (AvgIpc) is 1.77. The Bertz CT molecular complexity index is 140. The molecule has 0 aromatic heterocycles. The van der Waals surface area contributed by atoms with Crippen molar-refractivity contribution < 1.29 is 0 Å². The highest BCUT2D eigenvalue weighted by Gasteiger charge is 1.98. The van der Waals surface area contributed by atoms with Gasteiger partial charge in [0, 0.05) is 6.20 Å². The SMILES string of the molecule is NC1=CC=CNN1Br. The summed E-state index contributed by atoms with van der Waals surface area (Å²) in [5, 5.41) is 0. The van der Waals surface area contributed by atoms with E-state index in [0.29, 0.717) is 5.82 Å². The van der Waals surface area contributed by atoms with Gasteiger partial charge in [-0.3, -0.25) is 5.43 Å². The largest absolute Gasteiger partial charge is 0.383 e. The molecule has 1 heterocycles. The fourth-order valence-corrected chi connectivity index (χ4v) is 0.632. The van der Waals surface area contributed by atoms with E-state index in [4.69, 9.17) is 5.73 Å². The van der Waals surface area contributed by atoms with Crippen LogP contribution in [0.1, 0.15) is 0 Å². The van der Waals surface area contributed by atoms with E-state index in [1.54, 1.807) is 16.3 Å². The van der Waals surface area contributed by atoms with E-state index in [0.717, 1.165) is 0 Å². The summed E-state index contributed by atoms with van der Waals surface area (Å²) < 4.78 is 1.55. The lowest BCUT2D eigenvalue weighted by molar-refractivity contribution is 0.503. The van der Waals surface area contributed by atoms with Crippen molar-refractivity contribution in [2.24, 2.45) is 5.73 Å². The summed E-state index contributed by atoms with van der Waals surface area (Å²) >= 11 is 3.13.